The summed E-state index contributed by atoms with van der Waals surface area (Å²) in [7, 11) is 1.67. The summed E-state index contributed by atoms with van der Waals surface area (Å²) in [5, 5.41) is 18.9. The van der Waals surface area contributed by atoms with E-state index in [0.717, 1.165) is 46.6 Å². The second-order valence-electron chi connectivity index (χ2n) is 6.99. The largest absolute Gasteiger partial charge is 0.496 e. The van der Waals surface area contributed by atoms with E-state index in [1.54, 1.807) is 18.9 Å². The van der Waals surface area contributed by atoms with Crippen molar-refractivity contribution in [1.82, 2.24) is 14.8 Å². The van der Waals surface area contributed by atoms with Crippen molar-refractivity contribution in [2.75, 3.05) is 7.11 Å². The number of aryl methyl sites for hydroxylation is 1. The van der Waals surface area contributed by atoms with Crippen molar-refractivity contribution < 1.29 is 4.74 Å². The van der Waals surface area contributed by atoms with Gasteiger partial charge in [-0.3, -0.25) is 0 Å². The first-order chi connectivity index (χ1) is 15.3. The summed E-state index contributed by atoms with van der Waals surface area (Å²) < 4.78 is 7.73. The van der Waals surface area contributed by atoms with Crippen LogP contribution in [0.25, 0.3) is 11.4 Å². The van der Waals surface area contributed by atoms with Crippen molar-refractivity contribution in [2.45, 2.75) is 23.9 Å². The third kappa shape index (κ3) is 4.96. The first-order valence-electron chi connectivity index (χ1n) is 10.0. The van der Waals surface area contributed by atoms with E-state index in [1.807, 2.05) is 54.6 Å². The Labute approximate surface area is 186 Å². The highest BCUT2D eigenvalue weighted by Crippen LogP contribution is 2.32. The summed E-state index contributed by atoms with van der Waals surface area (Å²) >= 11 is 1.64. The Hall–Kier alpha value is -3.56. The summed E-state index contributed by atoms with van der Waals surface area (Å²) in [5.74, 6) is 2.33. The molecule has 5 nitrogen and oxygen atoms in total. The minimum Gasteiger partial charge on any atom is -0.496 e. The Balaban J connectivity index is 1.62. The van der Waals surface area contributed by atoms with E-state index in [9.17, 15) is 0 Å². The van der Waals surface area contributed by atoms with Crippen LogP contribution in [0.3, 0.4) is 0 Å². The Morgan fingerprint density at radius 1 is 0.903 bits per heavy atom. The van der Waals surface area contributed by atoms with Crippen molar-refractivity contribution >= 4 is 11.8 Å². The molecule has 0 amide bonds. The first kappa shape index (κ1) is 20.7. The van der Waals surface area contributed by atoms with Gasteiger partial charge in [0, 0.05) is 12.3 Å². The molecule has 3 aromatic carbocycles. The fourth-order valence-corrected chi connectivity index (χ4v) is 4.26. The van der Waals surface area contributed by atoms with Gasteiger partial charge in [0.25, 0.3) is 0 Å². The van der Waals surface area contributed by atoms with E-state index in [2.05, 4.69) is 45.1 Å². The Kier molecular flexibility index (Phi) is 6.65. The molecule has 0 bridgehead atoms. The number of benzene rings is 3. The zero-order chi connectivity index (χ0) is 21.5. The number of methoxy groups -OCH3 is 1. The van der Waals surface area contributed by atoms with Crippen LogP contribution in [0.2, 0.25) is 0 Å². The van der Waals surface area contributed by atoms with Gasteiger partial charge in [-0.1, -0.05) is 66.4 Å². The van der Waals surface area contributed by atoms with Crippen LogP contribution < -0.4 is 4.74 Å². The highest BCUT2D eigenvalue weighted by atomic mass is 32.2. The zero-order valence-electron chi connectivity index (χ0n) is 17.2. The molecule has 6 heteroatoms. The van der Waals surface area contributed by atoms with Gasteiger partial charge < -0.3 is 9.30 Å². The van der Waals surface area contributed by atoms with E-state index in [-0.39, 0.29) is 0 Å². The number of nitrogens with zero attached hydrogens (tertiary/aromatic N) is 4. The fourth-order valence-electron chi connectivity index (χ4n) is 3.33. The lowest BCUT2D eigenvalue weighted by Crippen LogP contribution is -2.06. The van der Waals surface area contributed by atoms with Crippen LogP contribution in [-0.4, -0.2) is 21.9 Å². The predicted molar refractivity (Wildman–Crippen MR) is 123 cm³/mol. The monoisotopic (exact) mass is 426 g/mol. The Morgan fingerprint density at radius 2 is 1.65 bits per heavy atom. The molecule has 0 aliphatic heterocycles. The van der Waals surface area contributed by atoms with Gasteiger partial charge in [-0.05, 0) is 41.8 Å². The van der Waals surface area contributed by atoms with Crippen molar-refractivity contribution in [1.29, 1.82) is 5.26 Å². The lowest BCUT2D eigenvalue weighted by Gasteiger charge is -2.12. The molecule has 0 saturated carbocycles. The van der Waals surface area contributed by atoms with E-state index in [1.165, 1.54) is 5.56 Å². The predicted octanol–water partition coefficient (Wildman–Crippen LogP) is 5.36. The molecule has 154 valence electrons. The van der Waals surface area contributed by atoms with Crippen LogP contribution in [-0.2, 0) is 18.7 Å². The molecule has 0 unspecified atom stereocenters. The molecule has 0 atom stereocenters. The minimum absolute atomic E-state index is 0.665. The molecule has 0 aliphatic rings. The van der Waals surface area contributed by atoms with E-state index in [0.29, 0.717) is 5.56 Å². The highest BCUT2D eigenvalue weighted by molar-refractivity contribution is 7.98. The Morgan fingerprint density at radius 3 is 2.39 bits per heavy atom. The van der Waals surface area contributed by atoms with E-state index < -0.39 is 0 Å². The summed E-state index contributed by atoms with van der Waals surface area (Å²) in [6.07, 6.45) is 0.880. The van der Waals surface area contributed by atoms with Crippen LogP contribution >= 0.6 is 11.8 Å². The lowest BCUT2D eigenvalue weighted by molar-refractivity contribution is 0.415. The molecule has 4 aromatic rings. The SMILES string of the molecule is COc1ccccc1-c1nnc(SCc2ccc(C#N)cc2)n1CCc1ccccc1. The lowest BCUT2D eigenvalue weighted by atomic mass is 10.1. The molecule has 0 N–H and O–H groups in total. The molecule has 0 aliphatic carbocycles. The standard InChI is InChI=1S/C25H22N4OS/c1-30-23-10-6-5-9-22(23)24-27-28-25(29(24)16-15-19-7-3-2-4-8-19)31-18-21-13-11-20(17-26)12-14-21/h2-14H,15-16,18H2,1H3. The number of nitriles is 1. The van der Waals surface area contributed by atoms with Gasteiger partial charge in [-0.25, -0.2) is 0 Å². The number of rotatable bonds is 8. The number of ether oxygens (including phenoxy) is 1. The number of thioether (sulfide) groups is 1. The molecule has 0 spiro atoms. The molecule has 1 heterocycles. The number of para-hydroxylation sites is 1. The second kappa shape index (κ2) is 9.96. The molecule has 0 saturated heterocycles. The summed E-state index contributed by atoms with van der Waals surface area (Å²) in [4.78, 5) is 0. The van der Waals surface area contributed by atoms with Gasteiger partial charge in [-0.15, -0.1) is 10.2 Å². The quantitative estimate of drug-likeness (QED) is 0.355. The third-order valence-corrected chi connectivity index (χ3v) is 6.02. The maximum Gasteiger partial charge on any atom is 0.191 e. The van der Waals surface area contributed by atoms with Gasteiger partial charge in [0.2, 0.25) is 0 Å². The van der Waals surface area contributed by atoms with Gasteiger partial charge in [0.15, 0.2) is 11.0 Å². The maximum atomic E-state index is 8.99. The summed E-state index contributed by atoms with van der Waals surface area (Å²) in [6, 6.07) is 28.1. The van der Waals surface area contributed by atoms with Crippen molar-refractivity contribution in [3.05, 3.63) is 95.6 Å². The zero-order valence-corrected chi connectivity index (χ0v) is 18.0. The topological polar surface area (TPSA) is 63.7 Å². The molecular weight excluding hydrogens is 404 g/mol. The molecular formula is C25H22N4OS. The van der Waals surface area contributed by atoms with Crippen molar-refractivity contribution in [2.24, 2.45) is 0 Å². The average molecular weight is 427 g/mol. The first-order valence-corrected chi connectivity index (χ1v) is 11.0. The molecule has 1 aromatic heterocycles. The summed E-state index contributed by atoms with van der Waals surface area (Å²) in [5.41, 5.74) is 4.00. The van der Waals surface area contributed by atoms with Crippen LogP contribution in [0.4, 0.5) is 0 Å². The third-order valence-electron chi connectivity index (χ3n) is 4.98. The number of hydrogen-bond acceptors (Lipinski definition) is 5. The Bertz CT molecular complexity index is 1180. The smallest absolute Gasteiger partial charge is 0.191 e. The van der Waals surface area contributed by atoms with Crippen LogP contribution in [0.5, 0.6) is 5.75 Å². The van der Waals surface area contributed by atoms with Crippen molar-refractivity contribution in [3.8, 4) is 23.2 Å². The molecule has 0 fully saturated rings. The van der Waals surface area contributed by atoms with Gasteiger partial charge in [0.05, 0.1) is 24.3 Å². The number of aromatic nitrogens is 3. The van der Waals surface area contributed by atoms with Crippen LogP contribution in [0, 0.1) is 11.3 Å². The van der Waals surface area contributed by atoms with E-state index in [4.69, 9.17) is 10.00 Å². The maximum absolute atomic E-state index is 8.99. The summed E-state index contributed by atoms with van der Waals surface area (Å²) in [6.45, 7) is 0.764. The van der Waals surface area contributed by atoms with Gasteiger partial charge in [-0.2, -0.15) is 5.26 Å². The minimum atomic E-state index is 0.665. The highest BCUT2D eigenvalue weighted by Gasteiger charge is 2.17. The van der Waals surface area contributed by atoms with Crippen molar-refractivity contribution in [3.63, 3.8) is 0 Å². The molecule has 31 heavy (non-hydrogen) atoms. The van der Waals surface area contributed by atoms with Crippen LogP contribution in [0.15, 0.2) is 84.0 Å². The molecule has 0 radical (unpaired) electrons. The second-order valence-corrected chi connectivity index (χ2v) is 7.93. The number of hydrogen-bond donors (Lipinski definition) is 0. The van der Waals surface area contributed by atoms with Gasteiger partial charge in [0.1, 0.15) is 5.75 Å². The van der Waals surface area contributed by atoms with Gasteiger partial charge >= 0.3 is 0 Å². The molecule has 4 rings (SSSR count). The fraction of sp³-hybridized carbons (Fsp3) is 0.160. The normalized spacial score (nSPS) is 10.6. The average Bonchev–Trinajstić information content (AvgIpc) is 3.24. The van der Waals surface area contributed by atoms with Crippen LogP contribution in [0.1, 0.15) is 16.7 Å². The van der Waals surface area contributed by atoms with E-state index >= 15 is 0 Å².